The molecule has 0 saturated carbocycles. The van der Waals surface area contributed by atoms with Crippen molar-refractivity contribution in [1.82, 2.24) is 19.7 Å². The van der Waals surface area contributed by atoms with E-state index in [1.807, 2.05) is 18.2 Å². The van der Waals surface area contributed by atoms with Gasteiger partial charge in [-0.3, -0.25) is 0 Å². The van der Waals surface area contributed by atoms with Crippen molar-refractivity contribution in [3.05, 3.63) is 63.4 Å². The minimum absolute atomic E-state index is 0.0915. The van der Waals surface area contributed by atoms with Crippen molar-refractivity contribution in [2.24, 2.45) is 0 Å². The van der Waals surface area contributed by atoms with Gasteiger partial charge in [-0.15, -0.1) is 11.8 Å². The standard InChI is InChI=1S/C18H11Cl3N4O3S/c19-11-2-1-9(3-12(11)20)8-29-16-5-15-14(4-13(16)21)23-17(24-15)25-7-10(6-22-25)28-18(26)27/h1-7H,8H2,(H,23,24)(H,26,27). The lowest BCUT2D eigenvalue weighted by Gasteiger charge is -2.05. The first-order valence-corrected chi connectivity index (χ1v) is 10.2. The van der Waals surface area contributed by atoms with Gasteiger partial charge in [-0.1, -0.05) is 40.9 Å². The molecule has 0 unspecified atom stereocenters. The van der Waals surface area contributed by atoms with Gasteiger partial charge in [-0.2, -0.15) is 5.10 Å². The van der Waals surface area contributed by atoms with Gasteiger partial charge in [0.15, 0.2) is 5.75 Å². The number of aromatic amines is 1. The number of aromatic nitrogens is 4. The third-order valence-electron chi connectivity index (χ3n) is 3.88. The molecule has 0 radical (unpaired) electrons. The summed E-state index contributed by atoms with van der Waals surface area (Å²) in [6.07, 6.45) is 1.28. The first kappa shape index (κ1) is 19.9. The van der Waals surface area contributed by atoms with Crippen LogP contribution in [0.25, 0.3) is 17.0 Å². The van der Waals surface area contributed by atoms with E-state index in [4.69, 9.17) is 39.9 Å². The number of hydrogen-bond acceptors (Lipinski definition) is 5. The summed E-state index contributed by atoms with van der Waals surface area (Å²) in [5, 5.41) is 14.3. The number of ether oxygens (including phenoxy) is 1. The molecule has 4 aromatic rings. The average Bonchev–Trinajstić information content (AvgIpc) is 3.28. The molecule has 4 rings (SSSR count). The Morgan fingerprint density at radius 1 is 1.17 bits per heavy atom. The summed E-state index contributed by atoms with van der Waals surface area (Å²) in [4.78, 5) is 19.1. The van der Waals surface area contributed by atoms with Crippen LogP contribution in [-0.4, -0.2) is 31.0 Å². The van der Waals surface area contributed by atoms with Crippen LogP contribution in [0.3, 0.4) is 0 Å². The average molecular weight is 470 g/mol. The van der Waals surface area contributed by atoms with E-state index < -0.39 is 6.16 Å². The molecule has 29 heavy (non-hydrogen) atoms. The second-order valence-electron chi connectivity index (χ2n) is 5.89. The second-order valence-corrected chi connectivity index (χ2v) is 8.12. The summed E-state index contributed by atoms with van der Waals surface area (Å²) < 4.78 is 5.95. The fourth-order valence-electron chi connectivity index (χ4n) is 2.58. The van der Waals surface area contributed by atoms with Crippen LogP contribution in [0.2, 0.25) is 15.1 Å². The zero-order valence-corrected chi connectivity index (χ0v) is 17.5. The number of hydrogen-bond donors (Lipinski definition) is 2. The molecule has 0 aliphatic carbocycles. The number of nitrogens with zero attached hydrogens (tertiary/aromatic N) is 3. The van der Waals surface area contributed by atoms with Crippen molar-refractivity contribution >= 4 is 63.8 Å². The highest BCUT2D eigenvalue weighted by Crippen LogP contribution is 2.34. The summed E-state index contributed by atoms with van der Waals surface area (Å²) in [5.74, 6) is 1.16. The number of carboxylic acid groups (broad SMARTS) is 1. The zero-order valence-electron chi connectivity index (χ0n) is 14.4. The monoisotopic (exact) mass is 468 g/mol. The minimum atomic E-state index is -1.41. The Balaban J connectivity index is 1.57. The normalized spacial score (nSPS) is 11.1. The number of nitrogens with one attached hydrogen (secondary N) is 1. The van der Waals surface area contributed by atoms with Gasteiger partial charge in [0.25, 0.3) is 0 Å². The molecule has 0 aliphatic heterocycles. The van der Waals surface area contributed by atoms with Gasteiger partial charge in [0.1, 0.15) is 0 Å². The van der Waals surface area contributed by atoms with Crippen molar-refractivity contribution in [3.63, 3.8) is 0 Å². The molecule has 0 amide bonds. The van der Waals surface area contributed by atoms with Crippen molar-refractivity contribution in [2.75, 3.05) is 0 Å². The molecule has 2 heterocycles. The van der Waals surface area contributed by atoms with E-state index >= 15 is 0 Å². The van der Waals surface area contributed by atoms with Crippen molar-refractivity contribution in [2.45, 2.75) is 10.6 Å². The number of imidazole rings is 1. The van der Waals surface area contributed by atoms with Crippen molar-refractivity contribution in [3.8, 4) is 11.7 Å². The van der Waals surface area contributed by atoms with E-state index in [2.05, 4.69) is 19.8 Å². The fraction of sp³-hybridized carbons (Fsp3) is 0.0556. The van der Waals surface area contributed by atoms with E-state index in [0.29, 0.717) is 32.3 Å². The van der Waals surface area contributed by atoms with Crippen LogP contribution in [0.4, 0.5) is 4.79 Å². The van der Waals surface area contributed by atoms with Gasteiger partial charge < -0.3 is 14.8 Å². The van der Waals surface area contributed by atoms with E-state index in [1.54, 1.807) is 23.9 Å². The number of fused-ring (bicyclic) bond motifs is 1. The smallest absolute Gasteiger partial charge is 0.449 e. The fourth-order valence-corrected chi connectivity index (χ4v) is 4.12. The lowest BCUT2D eigenvalue weighted by Crippen LogP contribution is -2.02. The topological polar surface area (TPSA) is 93.0 Å². The Labute approximate surface area is 183 Å². The van der Waals surface area contributed by atoms with Crippen LogP contribution in [-0.2, 0) is 5.75 Å². The van der Waals surface area contributed by atoms with Gasteiger partial charge in [0, 0.05) is 10.6 Å². The Morgan fingerprint density at radius 2 is 2.00 bits per heavy atom. The van der Waals surface area contributed by atoms with Crippen LogP contribution >= 0.6 is 46.6 Å². The van der Waals surface area contributed by atoms with Gasteiger partial charge in [-0.05, 0) is 29.8 Å². The Morgan fingerprint density at radius 3 is 2.76 bits per heavy atom. The number of H-pyrrole nitrogens is 1. The molecular weight excluding hydrogens is 459 g/mol. The van der Waals surface area contributed by atoms with Gasteiger partial charge in [0.05, 0.1) is 38.5 Å². The second kappa shape index (κ2) is 8.16. The Bertz CT molecular complexity index is 1220. The summed E-state index contributed by atoms with van der Waals surface area (Å²) in [5.41, 5.74) is 2.43. The SMILES string of the molecule is O=C(O)Oc1cnn(-c2nc3cc(SCc4ccc(Cl)c(Cl)c4)c(Cl)cc3[nH]2)c1. The number of benzene rings is 2. The maximum atomic E-state index is 10.6. The number of halogens is 3. The predicted molar refractivity (Wildman–Crippen MR) is 113 cm³/mol. The van der Waals surface area contributed by atoms with Crippen molar-refractivity contribution < 1.29 is 14.6 Å². The van der Waals surface area contributed by atoms with Crippen LogP contribution in [0.15, 0.2) is 47.6 Å². The largest absolute Gasteiger partial charge is 0.511 e. The third kappa shape index (κ3) is 4.45. The summed E-state index contributed by atoms with van der Waals surface area (Å²) in [6.45, 7) is 0. The van der Waals surface area contributed by atoms with Crippen LogP contribution in [0.1, 0.15) is 5.56 Å². The third-order valence-corrected chi connectivity index (χ3v) is 6.17. The van der Waals surface area contributed by atoms with Crippen molar-refractivity contribution in [1.29, 1.82) is 0 Å². The highest BCUT2D eigenvalue weighted by atomic mass is 35.5. The van der Waals surface area contributed by atoms with E-state index in [9.17, 15) is 4.79 Å². The predicted octanol–water partition coefficient (Wildman–Crippen LogP) is 6.06. The molecule has 148 valence electrons. The number of rotatable bonds is 5. The molecule has 11 heteroatoms. The summed E-state index contributed by atoms with van der Waals surface area (Å²) >= 11 is 20.0. The van der Waals surface area contributed by atoms with Crippen LogP contribution in [0.5, 0.6) is 5.75 Å². The maximum absolute atomic E-state index is 10.6. The Kier molecular flexibility index (Phi) is 5.60. The highest BCUT2D eigenvalue weighted by molar-refractivity contribution is 7.98. The summed E-state index contributed by atoms with van der Waals surface area (Å²) in [7, 11) is 0. The van der Waals surface area contributed by atoms with Crippen LogP contribution in [0, 0.1) is 0 Å². The molecule has 0 bridgehead atoms. The lowest BCUT2D eigenvalue weighted by atomic mass is 10.2. The molecular formula is C18H11Cl3N4O3S. The van der Waals surface area contributed by atoms with Gasteiger partial charge in [-0.25, -0.2) is 14.5 Å². The molecule has 2 aromatic carbocycles. The number of thioether (sulfide) groups is 1. The van der Waals surface area contributed by atoms with E-state index in [1.165, 1.54) is 17.1 Å². The zero-order chi connectivity index (χ0) is 20.5. The summed E-state index contributed by atoms with van der Waals surface area (Å²) in [6, 6.07) is 9.15. The molecule has 0 atom stereocenters. The molecule has 2 aromatic heterocycles. The molecule has 0 spiro atoms. The maximum Gasteiger partial charge on any atom is 0.511 e. The molecule has 0 fully saturated rings. The molecule has 7 nitrogen and oxygen atoms in total. The van der Waals surface area contributed by atoms with Crippen LogP contribution < -0.4 is 4.74 Å². The molecule has 0 aliphatic rings. The lowest BCUT2D eigenvalue weighted by molar-refractivity contribution is 0.144. The van der Waals surface area contributed by atoms with E-state index in [-0.39, 0.29) is 5.75 Å². The van der Waals surface area contributed by atoms with Gasteiger partial charge in [0.2, 0.25) is 5.95 Å². The first-order chi connectivity index (χ1) is 13.9. The quantitative estimate of drug-likeness (QED) is 0.273. The first-order valence-electron chi connectivity index (χ1n) is 8.11. The van der Waals surface area contributed by atoms with Gasteiger partial charge >= 0.3 is 6.16 Å². The number of carbonyl (C=O) groups is 1. The minimum Gasteiger partial charge on any atom is -0.449 e. The Hall–Kier alpha value is -2.39. The molecule has 2 N–H and O–H groups in total. The molecule has 0 saturated heterocycles. The van der Waals surface area contributed by atoms with E-state index in [0.717, 1.165) is 16.0 Å². The highest BCUT2D eigenvalue weighted by Gasteiger charge is 2.12.